The third-order valence-corrected chi connectivity index (χ3v) is 5.70. The van der Waals surface area contributed by atoms with Gasteiger partial charge in [-0.05, 0) is 47.2 Å². The molecule has 0 aliphatic carbocycles. The lowest BCUT2D eigenvalue weighted by Crippen LogP contribution is -2.30. The second kappa shape index (κ2) is 4.83. The SMILES string of the molecule is Cc1ccc(S(=O)(=O)N(C)C[C@H]2CO2)cc1I. The first-order valence-corrected chi connectivity index (χ1v) is 7.77. The van der Waals surface area contributed by atoms with Gasteiger partial charge in [-0.25, -0.2) is 8.42 Å². The maximum atomic E-state index is 12.2. The lowest BCUT2D eigenvalue weighted by Gasteiger charge is -2.16. The van der Waals surface area contributed by atoms with Gasteiger partial charge in [0.1, 0.15) is 0 Å². The van der Waals surface area contributed by atoms with E-state index in [9.17, 15) is 8.42 Å². The van der Waals surface area contributed by atoms with Crippen LogP contribution in [0.5, 0.6) is 0 Å². The van der Waals surface area contributed by atoms with Crippen LogP contribution in [0.2, 0.25) is 0 Å². The summed E-state index contributed by atoms with van der Waals surface area (Å²) in [6.07, 6.45) is 0.0688. The highest BCUT2D eigenvalue weighted by Crippen LogP contribution is 2.21. The van der Waals surface area contributed by atoms with Crippen molar-refractivity contribution in [3.05, 3.63) is 27.3 Å². The summed E-state index contributed by atoms with van der Waals surface area (Å²) in [5, 5.41) is 0. The predicted octanol–water partition coefficient (Wildman–Crippen LogP) is 1.62. The van der Waals surface area contributed by atoms with Gasteiger partial charge >= 0.3 is 0 Å². The van der Waals surface area contributed by atoms with Crippen molar-refractivity contribution >= 4 is 32.6 Å². The van der Waals surface area contributed by atoms with Crippen molar-refractivity contribution in [2.24, 2.45) is 0 Å². The van der Waals surface area contributed by atoms with Crippen LogP contribution in [0.3, 0.4) is 0 Å². The first kappa shape index (κ1) is 13.3. The number of rotatable bonds is 4. The number of aryl methyl sites for hydroxylation is 1. The van der Waals surface area contributed by atoms with E-state index in [1.54, 1.807) is 19.2 Å². The van der Waals surface area contributed by atoms with E-state index in [0.29, 0.717) is 18.0 Å². The number of halogens is 1. The van der Waals surface area contributed by atoms with E-state index in [1.807, 2.05) is 13.0 Å². The summed E-state index contributed by atoms with van der Waals surface area (Å²) in [5.41, 5.74) is 1.08. The van der Waals surface area contributed by atoms with Gasteiger partial charge in [0.05, 0.1) is 17.6 Å². The summed E-state index contributed by atoms with van der Waals surface area (Å²) >= 11 is 2.14. The highest BCUT2D eigenvalue weighted by atomic mass is 127. The van der Waals surface area contributed by atoms with Gasteiger partial charge in [0.2, 0.25) is 10.0 Å². The van der Waals surface area contributed by atoms with E-state index in [-0.39, 0.29) is 6.10 Å². The standard InChI is InChI=1S/C11H14INO3S/c1-8-3-4-10(5-11(8)12)17(14,15)13(2)6-9-7-16-9/h3-5,9H,6-7H2,1-2H3/t9-/m0/s1. The Morgan fingerprint density at radius 1 is 1.53 bits per heavy atom. The van der Waals surface area contributed by atoms with Crippen LogP contribution in [0.25, 0.3) is 0 Å². The molecule has 1 atom stereocenters. The van der Waals surface area contributed by atoms with Crippen LogP contribution in [0, 0.1) is 10.5 Å². The number of benzene rings is 1. The van der Waals surface area contributed by atoms with E-state index in [0.717, 1.165) is 9.13 Å². The van der Waals surface area contributed by atoms with Crippen LogP contribution >= 0.6 is 22.6 Å². The Morgan fingerprint density at radius 2 is 2.18 bits per heavy atom. The minimum atomic E-state index is -3.38. The summed E-state index contributed by atoms with van der Waals surface area (Å²) in [6, 6.07) is 5.18. The van der Waals surface area contributed by atoms with E-state index in [1.165, 1.54) is 4.31 Å². The molecule has 0 aromatic heterocycles. The number of sulfonamides is 1. The van der Waals surface area contributed by atoms with E-state index in [4.69, 9.17) is 4.74 Å². The molecule has 0 spiro atoms. The van der Waals surface area contributed by atoms with Crippen molar-refractivity contribution in [1.29, 1.82) is 0 Å². The number of nitrogens with zero attached hydrogens (tertiary/aromatic N) is 1. The largest absolute Gasteiger partial charge is 0.372 e. The monoisotopic (exact) mass is 367 g/mol. The van der Waals surface area contributed by atoms with Gasteiger partial charge in [-0.3, -0.25) is 0 Å². The topological polar surface area (TPSA) is 49.9 Å². The Hall–Kier alpha value is -0.180. The molecule has 1 aliphatic heterocycles. The Balaban J connectivity index is 2.26. The molecule has 1 aromatic rings. The molecule has 0 radical (unpaired) electrons. The first-order chi connectivity index (χ1) is 7.91. The second-order valence-electron chi connectivity index (χ2n) is 4.15. The number of hydrogen-bond acceptors (Lipinski definition) is 3. The van der Waals surface area contributed by atoms with Crippen molar-refractivity contribution in [2.75, 3.05) is 20.2 Å². The van der Waals surface area contributed by atoms with Crippen molar-refractivity contribution in [2.45, 2.75) is 17.9 Å². The van der Waals surface area contributed by atoms with E-state index >= 15 is 0 Å². The minimum Gasteiger partial charge on any atom is -0.372 e. The molecule has 1 heterocycles. The molecule has 0 bridgehead atoms. The fraction of sp³-hybridized carbons (Fsp3) is 0.455. The number of likely N-dealkylation sites (N-methyl/N-ethyl adjacent to an activating group) is 1. The summed E-state index contributed by atoms with van der Waals surface area (Å²) < 4.78 is 31.8. The summed E-state index contributed by atoms with van der Waals surface area (Å²) in [4.78, 5) is 0.343. The molecule has 4 nitrogen and oxygen atoms in total. The van der Waals surface area contributed by atoms with Crippen LogP contribution < -0.4 is 0 Å². The van der Waals surface area contributed by atoms with Crippen molar-refractivity contribution in [3.63, 3.8) is 0 Å². The Bertz CT molecular complexity index is 526. The van der Waals surface area contributed by atoms with E-state index in [2.05, 4.69) is 22.6 Å². The smallest absolute Gasteiger partial charge is 0.242 e. The molecule has 2 rings (SSSR count). The third kappa shape index (κ3) is 2.98. The maximum absolute atomic E-state index is 12.2. The number of ether oxygens (including phenoxy) is 1. The molecule has 0 saturated carbocycles. The molecule has 17 heavy (non-hydrogen) atoms. The van der Waals surface area contributed by atoms with Crippen molar-refractivity contribution in [1.82, 2.24) is 4.31 Å². The number of hydrogen-bond donors (Lipinski definition) is 0. The first-order valence-electron chi connectivity index (χ1n) is 5.25. The summed E-state index contributed by atoms with van der Waals surface area (Å²) in [5.74, 6) is 0. The molecule has 0 N–H and O–H groups in total. The zero-order chi connectivity index (χ0) is 12.6. The Morgan fingerprint density at radius 3 is 2.71 bits per heavy atom. The molecule has 1 aromatic carbocycles. The molecular weight excluding hydrogens is 353 g/mol. The van der Waals surface area contributed by atoms with Crippen LogP contribution in [0.4, 0.5) is 0 Å². The molecule has 1 saturated heterocycles. The zero-order valence-electron chi connectivity index (χ0n) is 9.68. The van der Waals surface area contributed by atoms with Gasteiger partial charge in [-0.2, -0.15) is 4.31 Å². The van der Waals surface area contributed by atoms with Crippen LogP contribution in [-0.4, -0.2) is 39.0 Å². The lowest BCUT2D eigenvalue weighted by atomic mass is 10.2. The average Bonchev–Trinajstić information content (AvgIpc) is 3.05. The average molecular weight is 367 g/mol. The fourth-order valence-electron chi connectivity index (χ4n) is 1.47. The fourth-order valence-corrected chi connectivity index (χ4v) is 3.43. The quantitative estimate of drug-likeness (QED) is 0.600. The lowest BCUT2D eigenvalue weighted by molar-refractivity contribution is 0.359. The van der Waals surface area contributed by atoms with Crippen molar-refractivity contribution in [3.8, 4) is 0 Å². The zero-order valence-corrected chi connectivity index (χ0v) is 12.7. The Kier molecular flexibility index (Phi) is 3.77. The van der Waals surface area contributed by atoms with Gasteiger partial charge in [-0.1, -0.05) is 6.07 Å². The van der Waals surface area contributed by atoms with Gasteiger partial charge in [0.25, 0.3) is 0 Å². The second-order valence-corrected chi connectivity index (χ2v) is 7.36. The van der Waals surface area contributed by atoms with Crippen LogP contribution in [0.1, 0.15) is 5.56 Å². The molecular formula is C11H14INO3S. The molecule has 6 heteroatoms. The highest BCUT2D eigenvalue weighted by molar-refractivity contribution is 14.1. The third-order valence-electron chi connectivity index (χ3n) is 2.71. The predicted molar refractivity (Wildman–Crippen MR) is 73.5 cm³/mol. The van der Waals surface area contributed by atoms with Gasteiger partial charge < -0.3 is 4.74 Å². The minimum absolute atomic E-state index is 0.0688. The van der Waals surface area contributed by atoms with Gasteiger partial charge in [0.15, 0.2) is 0 Å². The molecule has 1 aliphatic rings. The molecule has 94 valence electrons. The molecule has 0 amide bonds. The summed E-state index contributed by atoms with van der Waals surface area (Å²) in [6.45, 7) is 3.04. The maximum Gasteiger partial charge on any atom is 0.242 e. The van der Waals surface area contributed by atoms with Crippen molar-refractivity contribution < 1.29 is 13.2 Å². The molecule has 1 fully saturated rings. The van der Waals surface area contributed by atoms with Crippen LogP contribution in [0.15, 0.2) is 23.1 Å². The highest BCUT2D eigenvalue weighted by Gasteiger charge is 2.30. The number of epoxide rings is 1. The summed E-state index contributed by atoms with van der Waals surface area (Å²) in [7, 11) is -1.80. The normalized spacial score (nSPS) is 19.6. The van der Waals surface area contributed by atoms with Gasteiger partial charge in [0, 0.05) is 17.2 Å². The van der Waals surface area contributed by atoms with Crippen LogP contribution in [-0.2, 0) is 14.8 Å². The van der Waals surface area contributed by atoms with E-state index < -0.39 is 10.0 Å². The molecule has 0 unspecified atom stereocenters. The Labute approximate surface area is 115 Å². The van der Waals surface area contributed by atoms with Gasteiger partial charge in [-0.15, -0.1) is 0 Å².